The lowest BCUT2D eigenvalue weighted by Crippen LogP contribution is -2.23. The number of nitrogens with zero attached hydrogens (tertiary/aromatic N) is 1. The summed E-state index contributed by atoms with van der Waals surface area (Å²) < 4.78 is 43.8. The predicted molar refractivity (Wildman–Crippen MR) is 117 cm³/mol. The van der Waals surface area contributed by atoms with E-state index in [9.17, 15) is 22.8 Å². The van der Waals surface area contributed by atoms with Crippen LogP contribution in [0.1, 0.15) is 27.0 Å². The van der Waals surface area contributed by atoms with Gasteiger partial charge in [-0.25, -0.2) is 4.79 Å². The van der Waals surface area contributed by atoms with Crippen LogP contribution in [-0.4, -0.2) is 23.6 Å². The standard InChI is InChI=1S/C24H18F3NO4S/c1-14-11-17(9-10-20(14)32-13-22(29)30)33-21-4-2-3-18-19(21)12-28(23(18)31)16-7-5-15(6-8-16)24(25,26)27/h2-11H,12-13H2,1H3,(H,29,30). The number of alkyl halides is 3. The SMILES string of the molecule is Cc1cc(Sc2cccc3c2CN(c2ccc(C(F)(F)F)cc2)C3=O)ccc1OCC(=O)O. The molecule has 0 spiro atoms. The molecule has 9 heteroatoms. The summed E-state index contributed by atoms with van der Waals surface area (Å²) in [5.41, 5.74) is 1.72. The molecule has 0 unspecified atom stereocenters. The van der Waals surface area contributed by atoms with Gasteiger partial charge in [0, 0.05) is 21.0 Å². The number of fused-ring (bicyclic) bond motifs is 1. The molecule has 0 aliphatic carbocycles. The number of carboxylic acids is 1. The number of benzene rings is 3. The van der Waals surface area contributed by atoms with Crippen LogP contribution in [0.5, 0.6) is 5.75 Å². The van der Waals surface area contributed by atoms with Crippen molar-refractivity contribution >= 4 is 29.3 Å². The number of hydrogen-bond donors (Lipinski definition) is 1. The van der Waals surface area contributed by atoms with Crippen molar-refractivity contribution in [3.8, 4) is 5.75 Å². The van der Waals surface area contributed by atoms with Gasteiger partial charge in [0.2, 0.25) is 0 Å². The molecule has 0 fully saturated rings. The van der Waals surface area contributed by atoms with E-state index in [1.807, 2.05) is 19.1 Å². The molecule has 1 amide bonds. The number of carbonyl (C=O) groups excluding carboxylic acids is 1. The van der Waals surface area contributed by atoms with Crippen LogP contribution in [0.3, 0.4) is 0 Å². The summed E-state index contributed by atoms with van der Waals surface area (Å²) in [4.78, 5) is 26.8. The Hall–Kier alpha value is -3.46. The highest BCUT2D eigenvalue weighted by atomic mass is 32.2. The van der Waals surface area contributed by atoms with Crippen LogP contribution in [-0.2, 0) is 17.5 Å². The van der Waals surface area contributed by atoms with Crippen molar-refractivity contribution in [1.29, 1.82) is 0 Å². The van der Waals surface area contributed by atoms with E-state index in [-0.39, 0.29) is 12.5 Å². The summed E-state index contributed by atoms with van der Waals surface area (Å²) in [5, 5.41) is 8.77. The van der Waals surface area contributed by atoms with Gasteiger partial charge in [0.15, 0.2) is 6.61 Å². The Labute approximate surface area is 191 Å². The van der Waals surface area contributed by atoms with E-state index in [1.165, 1.54) is 28.8 Å². The van der Waals surface area contributed by atoms with Crippen LogP contribution in [0, 0.1) is 6.92 Å². The zero-order chi connectivity index (χ0) is 23.8. The number of ether oxygens (including phenoxy) is 1. The molecule has 0 bridgehead atoms. The first-order valence-electron chi connectivity index (χ1n) is 9.87. The molecule has 3 aromatic rings. The smallest absolute Gasteiger partial charge is 0.416 e. The third kappa shape index (κ3) is 4.83. The van der Waals surface area contributed by atoms with E-state index >= 15 is 0 Å². The van der Waals surface area contributed by atoms with Gasteiger partial charge in [-0.2, -0.15) is 13.2 Å². The fourth-order valence-corrected chi connectivity index (χ4v) is 4.62. The molecule has 0 atom stereocenters. The first-order valence-corrected chi connectivity index (χ1v) is 10.7. The van der Waals surface area contributed by atoms with Crippen LogP contribution >= 0.6 is 11.8 Å². The van der Waals surface area contributed by atoms with E-state index in [1.54, 1.807) is 24.3 Å². The molecule has 1 N–H and O–H groups in total. The van der Waals surface area contributed by atoms with Crippen molar-refractivity contribution in [3.05, 3.63) is 82.9 Å². The predicted octanol–water partition coefficient (Wildman–Crippen LogP) is 5.79. The molecule has 0 radical (unpaired) electrons. The van der Waals surface area contributed by atoms with Gasteiger partial charge < -0.3 is 14.7 Å². The number of hydrogen-bond acceptors (Lipinski definition) is 4. The second-order valence-electron chi connectivity index (χ2n) is 7.43. The summed E-state index contributed by atoms with van der Waals surface area (Å²) in [6.07, 6.45) is -4.44. The highest BCUT2D eigenvalue weighted by Gasteiger charge is 2.33. The topological polar surface area (TPSA) is 66.8 Å². The fourth-order valence-electron chi connectivity index (χ4n) is 3.55. The first kappa shape index (κ1) is 22.7. The van der Waals surface area contributed by atoms with Crippen molar-refractivity contribution in [2.75, 3.05) is 11.5 Å². The van der Waals surface area contributed by atoms with Crippen LogP contribution in [0.2, 0.25) is 0 Å². The van der Waals surface area contributed by atoms with Gasteiger partial charge in [0.25, 0.3) is 5.91 Å². The van der Waals surface area contributed by atoms with Gasteiger partial charge >= 0.3 is 12.1 Å². The number of anilines is 1. The molecule has 5 nitrogen and oxygen atoms in total. The van der Waals surface area contributed by atoms with E-state index < -0.39 is 24.3 Å². The number of amides is 1. The summed E-state index contributed by atoms with van der Waals surface area (Å²) in [7, 11) is 0. The molecule has 33 heavy (non-hydrogen) atoms. The average molecular weight is 473 g/mol. The molecule has 1 aliphatic heterocycles. The Morgan fingerprint density at radius 3 is 2.48 bits per heavy atom. The van der Waals surface area contributed by atoms with Crippen molar-refractivity contribution in [2.45, 2.75) is 29.4 Å². The lowest BCUT2D eigenvalue weighted by atomic mass is 10.1. The van der Waals surface area contributed by atoms with Gasteiger partial charge in [0.1, 0.15) is 5.75 Å². The third-order valence-electron chi connectivity index (χ3n) is 5.16. The number of halogens is 3. The molecule has 0 saturated heterocycles. The zero-order valence-electron chi connectivity index (χ0n) is 17.3. The van der Waals surface area contributed by atoms with Crippen LogP contribution in [0.15, 0.2) is 70.5 Å². The molecule has 0 saturated carbocycles. The molecule has 0 aromatic heterocycles. The van der Waals surface area contributed by atoms with E-state index in [2.05, 4.69) is 0 Å². The van der Waals surface area contributed by atoms with Crippen LogP contribution < -0.4 is 9.64 Å². The normalized spacial score (nSPS) is 13.2. The van der Waals surface area contributed by atoms with Crippen molar-refractivity contribution in [3.63, 3.8) is 0 Å². The average Bonchev–Trinajstić information content (AvgIpc) is 3.10. The number of carboxylic acid groups (broad SMARTS) is 1. The minimum Gasteiger partial charge on any atom is -0.482 e. The van der Waals surface area contributed by atoms with Gasteiger partial charge in [-0.05, 0) is 72.6 Å². The van der Waals surface area contributed by atoms with Gasteiger partial charge in [0.05, 0.1) is 12.1 Å². The van der Waals surface area contributed by atoms with Crippen molar-refractivity contribution in [1.82, 2.24) is 0 Å². The van der Waals surface area contributed by atoms with E-state index in [4.69, 9.17) is 9.84 Å². The maximum atomic E-state index is 12.9. The highest BCUT2D eigenvalue weighted by Crippen LogP contribution is 2.39. The van der Waals surface area contributed by atoms with Crippen molar-refractivity contribution < 1.29 is 32.6 Å². The fraction of sp³-hybridized carbons (Fsp3) is 0.167. The van der Waals surface area contributed by atoms with Crippen LogP contribution in [0.4, 0.5) is 18.9 Å². The Kier molecular flexibility index (Phi) is 6.07. The Balaban J connectivity index is 1.55. The second-order valence-corrected chi connectivity index (χ2v) is 8.55. The quantitative estimate of drug-likeness (QED) is 0.491. The summed E-state index contributed by atoms with van der Waals surface area (Å²) in [6, 6.07) is 15.3. The van der Waals surface area contributed by atoms with Crippen LogP contribution in [0.25, 0.3) is 0 Å². The lowest BCUT2D eigenvalue weighted by Gasteiger charge is -2.17. The molecule has 3 aromatic carbocycles. The third-order valence-corrected chi connectivity index (χ3v) is 6.25. The molecular formula is C24H18F3NO4S. The molecule has 1 heterocycles. The number of carbonyl (C=O) groups is 2. The monoisotopic (exact) mass is 473 g/mol. The Morgan fingerprint density at radius 2 is 1.85 bits per heavy atom. The highest BCUT2D eigenvalue weighted by molar-refractivity contribution is 7.99. The first-order chi connectivity index (χ1) is 15.6. The largest absolute Gasteiger partial charge is 0.482 e. The van der Waals surface area contributed by atoms with E-state index in [0.29, 0.717) is 17.0 Å². The molecular weight excluding hydrogens is 455 g/mol. The Bertz CT molecular complexity index is 1230. The summed E-state index contributed by atoms with van der Waals surface area (Å²) >= 11 is 1.45. The minimum atomic E-state index is -4.44. The maximum Gasteiger partial charge on any atom is 0.416 e. The maximum absolute atomic E-state index is 12.9. The molecule has 1 aliphatic rings. The number of aryl methyl sites for hydroxylation is 1. The zero-order valence-corrected chi connectivity index (χ0v) is 18.2. The lowest BCUT2D eigenvalue weighted by molar-refractivity contribution is -0.139. The minimum absolute atomic E-state index is 0.251. The Morgan fingerprint density at radius 1 is 1.12 bits per heavy atom. The summed E-state index contributed by atoms with van der Waals surface area (Å²) in [5.74, 6) is -0.848. The summed E-state index contributed by atoms with van der Waals surface area (Å²) in [6.45, 7) is 1.63. The van der Waals surface area contributed by atoms with Gasteiger partial charge in [-0.15, -0.1) is 0 Å². The van der Waals surface area contributed by atoms with E-state index in [0.717, 1.165) is 33.1 Å². The molecule has 170 valence electrons. The second kappa shape index (κ2) is 8.82. The number of aliphatic carboxylic acids is 1. The van der Waals surface area contributed by atoms with Crippen molar-refractivity contribution in [2.24, 2.45) is 0 Å². The van der Waals surface area contributed by atoms with Gasteiger partial charge in [-0.1, -0.05) is 17.8 Å². The molecule has 4 rings (SSSR count). The van der Waals surface area contributed by atoms with Gasteiger partial charge in [-0.3, -0.25) is 4.79 Å². The number of rotatable bonds is 6.